The zero-order valence-electron chi connectivity index (χ0n) is 14.7. The Morgan fingerprint density at radius 3 is 2.54 bits per heavy atom. The average Bonchev–Trinajstić information content (AvgIpc) is 3.26. The van der Waals surface area contributed by atoms with Crippen LogP contribution in [0.4, 0.5) is 0 Å². The van der Waals surface area contributed by atoms with Crippen LogP contribution in [-0.4, -0.2) is 68.4 Å². The fourth-order valence-corrected chi connectivity index (χ4v) is 4.00. The van der Waals surface area contributed by atoms with Gasteiger partial charge >= 0.3 is 0 Å². The molecule has 0 spiro atoms. The number of halogens is 1. The Bertz CT molecular complexity index is 573. The summed E-state index contributed by atoms with van der Waals surface area (Å²) in [6, 6.07) is 0.403. The van der Waals surface area contributed by atoms with E-state index in [9.17, 15) is 13.2 Å². The Balaban J connectivity index is 0.00000288. The van der Waals surface area contributed by atoms with Crippen LogP contribution >= 0.6 is 24.0 Å². The molecule has 1 aliphatic carbocycles. The number of nitrogens with zero attached hydrogens (tertiary/aromatic N) is 2. The Labute approximate surface area is 162 Å². The summed E-state index contributed by atoms with van der Waals surface area (Å²) in [6.45, 7) is 5.03. The molecule has 0 bridgehead atoms. The molecule has 1 aliphatic heterocycles. The van der Waals surface area contributed by atoms with Gasteiger partial charge in [-0.05, 0) is 33.1 Å². The average molecular weight is 472 g/mol. The summed E-state index contributed by atoms with van der Waals surface area (Å²) < 4.78 is 23.3. The predicted octanol–water partition coefficient (Wildman–Crippen LogP) is 0.748. The van der Waals surface area contributed by atoms with E-state index >= 15 is 0 Å². The zero-order valence-corrected chi connectivity index (χ0v) is 17.8. The lowest BCUT2D eigenvalue weighted by Gasteiger charge is -2.39. The number of amides is 1. The molecule has 1 amide bonds. The van der Waals surface area contributed by atoms with Crippen molar-refractivity contribution in [2.45, 2.75) is 50.3 Å². The summed E-state index contributed by atoms with van der Waals surface area (Å²) in [5.74, 6) is 0.954. The highest BCUT2D eigenvalue weighted by atomic mass is 127. The molecule has 2 fully saturated rings. The van der Waals surface area contributed by atoms with Gasteiger partial charge in [0.25, 0.3) is 0 Å². The molecule has 1 saturated carbocycles. The molecule has 0 radical (unpaired) electrons. The number of nitrogens with one attached hydrogen (secondary N) is 2. The minimum atomic E-state index is -3.06. The first-order valence-electron chi connectivity index (χ1n) is 8.22. The van der Waals surface area contributed by atoms with Gasteiger partial charge in [0.2, 0.25) is 5.91 Å². The van der Waals surface area contributed by atoms with Crippen molar-refractivity contribution >= 4 is 45.7 Å². The molecule has 0 aromatic carbocycles. The van der Waals surface area contributed by atoms with Crippen LogP contribution in [0.2, 0.25) is 0 Å². The molecular formula is C15H29IN4O3S. The van der Waals surface area contributed by atoms with Crippen molar-refractivity contribution < 1.29 is 13.2 Å². The molecule has 0 aromatic rings. The molecule has 2 aliphatic rings. The Kier molecular flexibility index (Phi) is 7.76. The third kappa shape index (κ3) is 5.75. The second-order valence-corrected chi connectivity index (χ2v) is 9.66. The van der Waals surface area contributed by atoms with Crippen molar-refractivity contribution in [1.29, 1.82) is 0 Å². The van der Waals surface area contributed by atoms with Crippen LogP contribution in [0, 0.1) is 0 Å². The van der Waals surface area contributed by atoms with Gasteiger partial charge in [-0.1, -0.05) is 0 Å². The summed E-state index contributed by atoms with van der Waals surface area (Å²) >= 11 is 0. The number of carbonyl (C=O) groups is 1. The lowest BCUT2D eigenvalue weighted by molar-refractivity contribution is -0.121. The van der Waals surface area contributed by atoms with Crippen molar-refractivity contribution in [3.05, 3.63) is 0 Å². The van der Waals surface area contributed by atoms with E-state index in [1.54, 1.807) is 20.9 Å². The fourth-order valence-electron chi connectivity index (χ4n) is 2.63. The topological polar surface area (TPSA) is 90.9 Å². The minimum Gasteiger partial charge on any atom is -0.356 e. The lowest BCUT2D eigenvalue weighted by Crippen LogP contribution is -2.57. The van der Waals surface area contributed by atoms with E-state index in [4.69, 9.17) is 0 Å². The number of aliphatic imine (C=N–C) groups is 1. The van der Waals surface area contributed by atoms with Gasteiger partial charge in [-0.3, -0.25) is 9.79 Å². The number of sulfone groups is 1. The molecule has 9 heteroatoms. The van der Waals surface area contributed by atoms with Gasteiger partial charge in [-0.15, -0.1) is 24.0 Å². The van der Waals surface area contributed by atoms with Crippen molar-refractivity contribution in [2.24, 2.45) is 4.99 Å². The third-order valence-corrected chi connectivity index (χ3v) is 6.89. The zero-order chi connectivity index (χ0) is 17.1. The molecule has 140 valence electrons. The molecule has 24 heavy (non-hydrogen) atoms. The molecule has 0 unspecified atom stereocenters. The summed E-state index contributed by atoms with van der Waals surface area (Å²) in [7, 11) is -1.36. The second-order valence-electron chi connectivity index (χ2n) is 6.92. The van der Waals surface area contributed by atoms with Gasteiger partial charge in [-0.25, -0.2) is 8.42 Å². The van der Waals surface area contributed by atoms with E-state index in [-0.39, 0.29) is 35.6 Å². The summed E-state index contributed by atoms with van der Waals surface area (Å²) in [6.07, 6.45) is 3.43. The van der Waals surface area contributed by atoms with Crippen LogP contribution in [0.1, 0.15) is 39.5 Å². The maximum absolute atomic E-state index is 12.1. The Hall–Kier alpha value is -0.580. The number of hydrogen-bond acceptors (Lipinski definition) is 4. The fraction of sp³-hybridized carbons (Fsp3) is 0.867. The van der Waals surface area contributed by atoms with E-state index < -0.39 is 14.6 Å². The Morgan fingerprint density at radius 1 is 1.33 bits per heavy atom. The van der Waals surface area contributed by atoms with Crippen molar-refractivity contribution in [3.8, 4) is 0 Å². The maximum atomic E-state index is 12.1. The number of hydrogen-bond donors (Lipinski definition) is 2. The van der Waals surface area contributed by atoms with Crippen LogP contribution < -0.4 is 10.6 Å². The SMILES string of the molecule is CN=C(NCCCC(=O)NC1CC1)N1CCS(=O)(=O)C(C)(C)C1.I. The maximum Gasteiger partial charge on any atom is 0.220 e. The third-order valence-electron chi connectivity index (χ3n) is 4.36. The number of carbonyl (C=O) groups excluding carboxylic acids is 1. The van der Waals surface area contributed by atoms with Crippen LogP contribution in [0.5, 0.6) is 0 Å². The molecule has 0 aromatic heterocycles. The summed E-state index contributed by atoms with van der Waals surface area (Å²) in [5.41, 5.74) is 0. The van der Waals surface area contributed by atoms with E-state index in [0.29, 0.717) is 38.1 Å². The van der Waals surface area contributed by atoms with E-state index in [1.165, 1.54) is 0 Å². The van der Waals surface area contributed by atoms with Gasteiger partial charge in [0.05, 0.1) is 10.5 Å². The van der Waals surface area contributed by atoms with Gasteiger partial charge in [0.1, 0.15) is 0 Å². The smallest absolute Gasteiger partial charge is 0.220 e. The molecule has 0 atom stereocenters. The van der Waals surface area contributed by atoms with Crippen LogP contribution in [0.15, 0.2) is 4.99 Å². The molecule has 1 saturated heterocycles. The second kappa shape index (κ2) is 8.68. The Morgan fingerprint density at radius 2 is 2.00 bits per heavy atom. The first kappa shape index (κ1) is 21.5. The normalized spacial score (nSPS) is 22.5. The standard InChI is InChI=1S/C15H28N4O3S.HI/c1-15(2)11-19(9-10-23(15,21)22)14(16-3)17-8-4-5-13(20)18-12-6-7-12;/h12H,4-11H2,1-3H3,(H,16,17)(H,18,20);1H. The summed E-state index contributed by atoms with van der Waals surface area (Å²) in [5, 5.41) is 6.19. The molecule has 1 heterocycles. The molecule has 7 nitrogen and oxygen atoms in total. The summed E-state index contributed by atoms with van der Waals surface area (Å²) in [4.78, 5) is 17.8. The van der Waals surface area contributed by atoms with Crippen molar-refractivity contribution in [3.63, 3.8) is 0 Å². The molecular weight excluding hydrogens is 443 g/mol. The molecule has 2 rings (SSSR count). The monoisotopic (exact) mass is 472 g/mol. The van der Waals surface area contributed by atoms with E-state index in [0.717, 1.165) is 19.3 Å². The van der Waals surface area contributed by atoms with Gasteiger partial charge in [-0.2, -0.15) is 0 Å². The number of rotatable bonds is 5. The van der Waals surface area contributed by atoms with Crippen molar-refractivity contribution in [1.82, 2.24) is 15.5 Å². The quantitative estimate of drug-likeness (QED) is 0.267. The minimum absolute atomic E-state index is 0. The van der Waals surface area contributed by atoms with E-state index in [2.05, 4.69) is 15.6 Å². The van der Waals surface area contributed by atoms with Gasteiger partial charge < -0.3 is 15.5 Å². The highest BCUT2D eigenvalue weighted by Crippen LogP contribution is 2.23. The lowest BCUT2D eigenvalue weighted by atomic mass is 10.2. The van der Waals surface area contributed by atoms with Gasteiger partial charge in [0.15, 0.2) is 15.8 Å². The van der Waals surface area contributed by atoms with Crippen LogP contribution in [0.25, 0.3) is 0 Å². The molecule has 2 N–H and O–H groups in total. The largest absolute Gasteiger partial charge is 0.356 e. The van der Waals surface area contributed by atoms with Crippen LogP contribution in [0.3, 0.4) is 0 Å². The number of guanidine groups is 1. The van der Waals surface area contributed by atoms with Gasteiger partial charge in [0, 0.05) is 39.1 Å². The van der Waals surface area contributed by atoms with Crippen LogP contribution in [-0.2, 0) is 14.6 Å². The highest BCUT2D eigenvalue weighted by molar-refractivity contribution is 14.0. The first-order chi connectivity index (χ1) is 10.7. The highest BCUT2D eigenvalue weighted by Gasteiger charge is 2.40. The van der Waals surface area contributed by atoms with Crippen molar-refractivity contribution in [2.75, 3.05) is 32.4 Å². The predicted molar refractivity (Wildman–Crippen MR) is 107 cm³/mol. The van der Waals surface area contributed by atoms with E-state index in [1.807, 2.05) is 4.90 Å². The first-order valence-corrected chi connectivity index (χ1v) is 9.88.